The first-order valence-electron chi connectivity index (χ1n) is 4.47. The molecular formula is C9H13NO3S. The number of nitrogens with zero attached hydrogens (tertiary/aromatic N) is 1. The number of rotatable bonds is 5. The molecule has 4 nitrogen and oxygen atoms in total. The molecule has 0 amide bonds. The minimum atomic E-state index is -3.64. The third-order valence-corrected chi connectivity index (χ3v) is 2.86. The number of hydrogen-bond acceptors (Lipinski definition) is 4. The van der Waals surface area contributed by atoms with E-state index in [1.165, 1.54) is 12.3 Å². The standard InChI is InChI=1S/C9H13NO3S/c1-2-3-8-13-14(11,12)9-6-4-5-7-10-9/h4-7H,2-3,8H2,1H3. The predicted molar refractivity (Wildman–Crippen MR) is 52.3 cm³/mol. The summed E-state index contributed by atoms with van der Waals surface area (Å²) in [5.41, 5.74) is 0. The third-order valence-electron chi connectivity index (χ3n) is 1.63. The van der Waals surface area contributed by atoms with E-state index in [0.717, 1.165) is 12.8 Å². The Morgan fingerprint density at radius 2 is 2.21 bits per heavy atom. The Bertz CT molecular complexity index is 361. The van der Waals surface area contributed by atoms with Crippen LogP contribution in [0.1, 0.15) is 19.8 Å². The van der Waals surface area contributed by atoms with Gasteiger partial charge in [-0.2, -0.15) is 8.42 Å². The predicted octanol–water partition coefficient (Wildman–Crippen LogP) is 1.59. The SMILES string of the molecule is CCCCOS(=O)(=O)c1ccccn1. The van der Waals surface area contributed by atoms with Crippen LogP contribution in [0.2, 0.25) is 0 Å². The van der Waals surface area contributed by atoms with E-state index < -0.39 is 10.1 Å². The molecule has 0 N–H and O–H groups in total. The van der Waals surface area contributed by atoms with Gasteiger partial charge in [0.1, 0.15) is 0 Å². The Morgan fingerprint density at radius 1 is 1.43 bits per heavy atom. The lowest BCUT2D eigenvalue weighted by atomic mass is 10.4. The van der Waals surface area contributed by atoms with Gasteiger partial charge in [0.25, 0.3) is 0 Å². The highest BCUT2D eigenvalue weighted by Crippen LogP contribution is 2.08. The maximum absolute atomic E-state index is 11.4. The first-order valence-corrected chi connectivity index (χ1v) is 5.88. The molecule has 14 heavy (non-hydrogen) atoms. The van der Waals surface area contributed by atoms with Gasteiger partial charge in [0.05, 0.1) is 6.61 Å². The van der Waals surface area contributed by atoms with Crippen LogP contribution in [0.25, 0.3) is 0 Å². The lowest BCUT2D eigenvalue weighted by Gasteiger charge is -2.02. The van der Waals surface area contributed by atoms with Crippen LogP contribution in [0.5, 0.6) is 0 Å². The first kappa shape index (κ1) is 11.1. The second-order valence-corrected chi connectivity index (χ2v) is 4.36. The summed E-state index contributed by atoms with van der Waals surface area (Å²) in [6, 6.07) is 4.69. The lowest BCUT2D eigenvalue weighted by molar-refractivity contribution is 0.309. The molecule has 0 atom stereocenters. The molecule has 78 valence electrons. The van der Waals surface area contributed by atoms with Crippen molar-refractivity contribution in [2.75, 3.05) is 6.61 Å². The van der Waals surface area contributed by atoms with Crippen LogP contribution in [0.15, 0.2) is 29.4 Å². The van der Waals surface area contributed by atoms with Gasteiger partial charge in [0.2, 0.25) is 0 Å². The van der Waals surface area contributed by atoms with Crippen LogP contribution in [0.4, 0.5) is 0 Å². The van der Waals surface area contributed by atoms with Crippen molar-refractivity contribution in [3.63, 3.8) is 0 Å². The first-order chi connectivity index (χ1) is 6.67. The molecule has 1 rings (SSSR count). The van der Waals surface area contributed by atoms with Crippen molar-refractivity contribution in [2.45, 2.75) is 24.8 Å². The maximum Gasteiger partial charge on any atom is 0.314 e. The van der Waals surface area contributed by atoms with E-state index in [-0.39, 0.29) is 11.6 Å². The minimum Gasteiger partial charge on any atom is -0.265 e. The van der Waals surface area contributed by atoms with Gasteiger partial charge in [0.15, 0.2) is 5.03 Å². The van der Waals surface area contributed by atoms with Gasteiger partial charge >= 0.3 is 10.1 Å². The van der Waals surface area contributed by atoms with E-state index in [0.29, 0.717) is 0 Å². The molecule has 0 unspecified atom stereocenters. The molecular weight excluding hydrogens is 202 g/mol. The molecule has 0 aliphatic carbocycles. The van der Waals surface area contributed by atoms with E-state index >= 15 is 0 Å². The molecule has 0 aliphatic rings. The van der Waals surface area contributed by atoms with Gasteiger partial charge < -0.3 is 0 Å². The summed E-state index contributed by atoms with van der Waals surface area (Å²) in [6.45, 7) is 2.19. The van der Waals surface area contributed by atoms with Gasteiger partial charge in [-0.05, 0) is 18.6 Å². The van der Waals surface area contributed by atoms with Crippen molar-refractivity contribution in [2.24, 2.45) is 0 Å². The molecule has 1 aromatic heterocycles. The average Bonchev–Trinajstić information content (AvgIpc) is 2.19. The third kappa shape index (κ3) is 3.08. The Kier molecular flexibility index (Phi) is 4.03. The number of unbranched alkanes of at least 4 members (excludes halogenated alkanes) is 1. The van der Waals surface area contributed by atoms with Gasteiger partial charge in [-0.1, -0.05) is 19.4 Å². The second kappa shape index (κ2) is 5.07. The fourth-order valence-corrected chi connectivity index (χ4v) is 1.76. The summed E-state index contributed by atoms with van der Waals surface area (Å²) in [4.78, 5) is 3.72. The zero-order valence-corrected chi connectivity index (χ0v) is 8.83. The Hall–Kier alpha value is -0.940. The fraction of sp³-hybridized carbons (Fsp3) is 0.444. The zero-order valence-electron chi connectivity index (χ0n) is 8.01. The Labute approximate surface area is 84.1 Å². The number of pyridine rings is 1. The molecule has 1 aromatic rings. The summed E-state index contributed by atoms with van der Waals surface area (Å²) in [6.07, 6.45) is 3.06. The summed E-state index contributed by atoms with van der Waals surface area (Å²) in [5.74, 6) is 0. The Balaban J connectivity index is 2.67. The fourth-order valence-electron chi connectivity index (χ4n) is 0.868. The average molecular weight is 215 g/mol. The van der Waals surface area contributed by atoms with E-state index in [2.05, 4.69) is 4.98 Å². The van der Waals surface area contributed by atoms with Crippen molar-refractivity contribution < 1.29 is 12.6 Å². The normalized spacial score (nSPS) is 11.5. The number of hydrogen-bond donors (Lipinski definition) is 0. The molecule has 0 radical (unpaired) electrons. The molecule has 5 heteroatoms. The van der Waals surface area contributed by atoms with Crippen LogP contribution in [-0.4, -0.2) is 20.0 Å². The smallest absolute Gasteiger partial charge is 0.265 e. The van der Waals surface area contributed by atoms with Crippen molar-refractivity contribution in [3.8, 4) is 0 Å². The largest absolute Gasteiger partial charge is 0.314 e. The maximum atomic E-state index is 11.4. The van der Waals surface area contributed by atoms with Crippen LogP contribution < -0.4 is 0 Å². The lowest BCUT2D eigenvalue weighted by Crippen LogP contribution is -2.08. The van der Waals surface area contributed by atoms with Gasteiger partial charge in [0, 0.05) is 6.20 Å². The van der Waals surface area contributed by atoms with Crippen molar-refractivity contribution >= 4 is 10.1 Å². The van der Waals surface area contributed by atoms with Crippen LogP contribution in [-0.2, 0) is 14.3 Å². The van der Waals surface area contributed by atoms with Crippen LogP contribution in [0.3, 0.4) is 0 Å². The van der Waals surface area contributed by atoms with Crippen molar-refractivity contribution in [1.29, 1.82) is 0 Å². The summed E-state index contributed by atoms with van der Waals surface area (Å²) in [7, 11) is -3.64. The molecule has 0 saturated carbocycles. The van der Waals surface area contributed by atoms with E-state index in [9.17, 15) is 8.42 Å². The summed E-state index contributed by atoms with van der Waals surface area (Å²) >= 11 is 0. The highest BCUT2D eigenvalue weighted by Gasteiger charge is 2.15. The molecule has 0 fully saturated rings. The molecule has 0 spiro atoms. The molecule has 0 aromatic carbocycles. The molecule has 0 aliphatic heterocycles. The topological polar surface area (TPSA) is 56.3 Å². The molecule has 1 heterocycles. The summed E-state index contributed by atoms with van der Waals surface area (Å²) in [5, 5.41) is -0.0314. The zero-order chi connectivity index (χ0) is 10.4. The highest BCUT2D eigenvalue weighted by molar-refractivity contribution is 7.86. The van der Waals surface area contributed by atoms with Crippen LogP contribution in [0, 0.1) is 0 Å². The van der Waals surface area contributed by atoms with E-state index in [1.54, 1.807) is 12.1 Å². The van der Waals surface area contributed by atoms with Gasteiger partial charge in [-0.25, -0.2) is 4.98 Å². The quantitative estimate of drug-likeness (QED) is 0.553. The minimum absolute atomic E-state index is 0.0314. The van der Waals surface area contributed by atoms with Gasteiger partial charge in [-0.3, -0.25) is 4.18 Å². The van der Waals surface area contributed by atoms with Crippen molar-refractivity contribution in [1.82, 2.24) is 4.98 Å². The summed E-state index contributed by atoms with van der Waals surface area (Å²) < 4.78 is 27.6. The van der Waals surface area contributed by atoms with Crippen LogP contribution >= 0.6 is 0 Å². The monoisotopic (exact) mass is 215 g/mol. The number of aromatic nitrogens is 1. The molecule has 0 saturated heterocycles. The Morgan fingerprint density at radius 3 is 2.79 bits per heavy atom. The van der Waals surface area contributed by atoms with E-state index in [1.807, 2.05) is 6.92 Å². The second-order valence-electron chi connectivity index (χ2n) is 2.80. The van der Waals surface area contributed by atoms with Gasteiger partial charge in [-0.15, -0.1) is 0 Å². The van der Waals surface area contributed by atoms with Crippen molar-refractivity contribution in [3.05, 3.63) is 24.4 Å². The molecule has 0 bridgehead atoms. The van der Waals surface area contributed by atoms with E-state index in [4.69, 9.17) is 4.18 Å². The highest BCUT2D eigenvalue weighted by atomic mass is 32.2.